The number of hydrogen-bond donors (Lipinski definition) is 2. The van der Waals surface area contributed by atoms with Gasteiger partial charge in [-0.15, -0.1) is 11.8 Å². The lowest BCUT2D eigenvalue weighted by atomic mass is 9.96. The van der Waals surface area contributed by atoms with Crippen LogP contribution in [0.15, 0.2) is 23.1 Å². The molecule has 1 aromatic rings. The van der Waals surface area contributed by atoms with Crippen molar-refractivity contribution in [2.45, 2.75) is 24.3 Å². The molecule has 0 saturated heterocycles. The van der Waals surface area contributed by atoms with Gasteiger partial charge < -0.3 is 5.43 Å². The van der Waals surface area contributed by atoms with Crippen LogP contribution in [0.1, 0.15) is 19.4 Å². The molecule has 3 heteroatoms. The third-order valence-corrected chi connectivity index (χ3v) is 3.14. The summed E-state index contributed by atoms with van der Waals surface area (Å²) < 4.78 is 0. The highest BCUT2D eigenvalue weighted by Crippen LogP contribution is 2.35. The van der Waals surface area contributed by atoms with Crippen LogP contribution in [0.3, 0.4) is 0 Å². The highest BCUT2D eigenvalue weighted by Gasteiger charge is 2.28. The summed E-state index contributed by atoms with van der Waals surface area (Å²) in [5, 5.41) is 0. The Kier molecular flexibility index (Phi) is 2.00. The second kappa shape index (κ2) is 2.93. The maximum Gasteiger partial charge on any atom is 0.0584 e. The van der Waals surface area contributed by atoms with Gasteiger partial charge in [0.2, 0.25) is 0 Å². The summed E-state index contributed by atoms with van der Waals surface area (Å²) in [6, 6.07) is 6.51. The van der Waals surface area contributed by atoms with E-state index in [1.54, 1.807) is 11.8 Å². The summed E-state index contributed by atoms with van der Waals surface area (Å²) >= 11 is 1.78. The molecule has 0 aromatic heterocycles. The normalized spacial score (nSPS) is 18.1. The van der Waals surface area contributed by atoms with Crippen LogP contribution < -0.4 is 10.9 Å². The quantitative estimate of drug-likeness (QED) is 0.672. The van der Waals surface area contributed by atoms with Gasteiger partial charge in [-0.05, 0) is 43.9 Å². The molecule has 1 aromatic carbocycles. The summed E-state index contributed by atoms with van der Waals surface area (Å²) in [7, 11) is 0. The van der Waals surface area contributed by atoms with Crippen molar-refractivity contribution in [3.05, 3.63) is 23.8 Å². The zero-order chi connectivity index (χ0) is 9.47. The molecule has 0 unspecified atom stereocenters. The van der Waals surface area contributed by atoms with E-state index in [2.05, 4.69) is 49.2 Å². The average Bonchev–Trinajstić information content (AvgIpc) is 2.42. The van der Waals surface area contributed by atoms with Crippen LogP contribution in [0.5, 0.6) is 0 Å². The van der Waals surface area contributed by atoms with E-state index >= 15 is 0 Å². The summed E-state index contributed by atoms with van der Waals surface area (Å²) in [4.78, 5) is 1.32. The highest BCUT2D eigenvalue weighted by atomic mass is 32.2. The number of fused-ring (bicyclic) bond motifs is 1. The lowest BCUT2D eigenvalue weighted by molar-refractivity contribution is 0.470. The first kappa shape index (κ1) is 8.91. The predicted octanol–water partition coefficient (Wildman–Crippen LogP) is 2.57. The maximum atomic E-state index is 3.25. The van der Waals surface area contributed by atoms with Crippen LogP contribution in [0.25, 0.3) is 0 Å². The van der Waals surface area contributed by atoms with Crippen molar-refractivity contribution >= 4 is 17.4 Å². The first-order chi connectivity index (χ1) is 6.13. The van der Waals surface area contributed by atoms with Gasteiger partial charge in [-0.25, -0.2) is 5.43 Å². The number of thioether (sulfide) groups is 1. The lowest BCUT2D eigenvalue weighted by Crippen LogP contribution is -2.32. The van der Waals surface area contributed by atoms with Crippen LogP contribution in [-0.4, -0.2) is 6.26 Å². The molecular weight excluding hydrogens is 180 g/mol. The third kappa shape index (κ3) is 1.42. The molecule has 70 valence electrons. The minimum Gasteiger partial charge on any atom is -0.320 e. The van der Waals surface area contributed by atoms with Crippen LogP contribution >= 0.6 is 11.8 Å². The minimum atomic E-state index is 0.0427. The number of hydrazine groups is 1. The van der Waals surface area contributed by atoms with Crippen molar-refractivity contribution in [1.82, 2.24) is 5.43 Å². The third-order valence-electron chi connectivity index (χ3n) is 2.41. The number of anilines is 1. The van der Waals surface area contributed by atoms with E-state index in [1.165, 1.54) is 16.1 Å². The van der Waals surface area contributed by atoms with Gasteiger partial charge in [0.1, 0.15) is 0 Å². The highest BCUT2D eigenvalue weighted by molar-refractivity contribution is 7.98. The molecule has 0 amide bonds. The Bertz CT molecular complexity index is 334. The zero-order valence-corrected chi connectivity index (χ0v) is 8.96. The fourth-order valence-corrected chi connectivity index (χ4v) is 2.01. The Morgan fingerprint density at radius 3 is 2.77 bits per heavy atom. The molecule has 0 radical (unpaired) electrons. The summed E-state index contributed by atoms with van der Waals surface area (Å²) in [5.41, 5.74) is 9.02. The van der Waals surface area contributed by atoms with E-state index in [0.29, 0.717) is 0 Å². The molecule has 0 spiro atoms. The first-order valence-electron chi connectivity index (χ1n) is 4.35. The molecule has 2 N–H and O–H groups in total. The number of rotatable bonds is 1. The maximum absolute atomic E-state index is 3.25. The van der Waals surface area contributed by atoms with Crippen LogP contribution in [0, 0.1) is 0 Å². The van der Waals surface area contributed by atoms with Gasteiger partial charge in [0, 0.05) is 4.90 Å². The van der Waals surface area contributed by atoms with E-state index in [9.17, 15) is 0 Å². The van der Waals surface area contributed by atoms with E-state index < -0.39 is 0 Å². The van der Waals surface area contributed by atoms with E-state index in [4.69, 9.17) is 0 Å². The topological polar surface area (TPSA) is 24.1 Å². The lowest BCUT2D eigenvalue weighted by Gasteiger charge is -2.18. The van der Waals surface area contributed by atoms with Crippen molar-refractivity contribution in [2.24, 2.45) is 0 Å². The Balaban J connectivity index is 2.50. The fourth-order valence-electron chi connectivity index (χ4n) is 1.57. The SMILES string of the molecule is CSc1ccc2c(c1)C(C)(C)NN2. The van der Waals surface area contributed by atoms with Crippen molar-refractivity contribution in [2.75, 3.05) is 11.7 Å². The van der Waals surface area contributed by atoms with E-state index in [0.717, 1.165) is 0 Å². The molecule has 0 saturated carbocycles. The van der Waals surface area contributed by atoms with Gasteiger partial charge in [0.15, 0.2) is 0 Å². The van der Waals surface area contributed by atoms with Crippen LogP contribution in [-0.2, 0) is 5.54 Å². The van der Waals surface area contributed by atoms with Gasteiger partial charge in [-0.2, -0.15) is 0 Å². The molecule has 2 rings (SSSR count). The molecule has 13 heavy (non-hydrogen) atoms. The Morgan fingerprint density at radius 1 is 1.31 bits per heavy atom. The second-order valence-electron chi connectivity index (χ2n) is 3.79. The molecule has 1 aliphatic heterocycles. The molecule has 2 nitrogen and oxygen atoms in total. The van der Waals surface area contributed by atoms with Crippen molar-refractivity contribution in [3.63, 3.8) is 0 Å². The first-order valence-corrected chi connectivity index (χ1v) is 5.58. The minimum absolute atomic E-state index is 0.0427. The summed E-state index contributed by atoms with van der Waals surface area (Å²) in [5.74, 6) is 0. The average molecular weight is 194 g/mol. The number of benzene rings is 1. The number of hydrogen-bond acceptors (Lipinski definition) is 3. The molecule has 0 bridgehead atoms. The summed E-state index contributed by atoms with van der Waals surface area (Å²) in [6.07, 6.45) is 2.10. The molecule has 0 aliphatic carbocycles. The molecule has 0 fully saturated rings. The van der Waals surface area contributed by atoms with Crippen LogP contribution in [0.2, 0.25) is 0 Å². The van der Waals surface area contributed by atoms with Gasteiger partial charge in [0.25, 0.3) is 0 Å². The zero-order valence-electron chi connectivity index (χ0n) is 8.14. The van der Waals surface area contributed by atoms with E-state index in [-0.39, 0.29) is 5.54 Å². The second-order valence-corrected chi connectivity index (χ2v) is 4.67. The molecule has 0 atom stereocenters. The van der Waals surface area contributed by atoms with Gasteiger partial charge in [-0.1, -0.05) is 0 Å². The van der Waals surface area contributed by atoms with Crippen molar-refractivity contribution in [3.8, 4) is 0 Å². The largest absolute Gasteiger partial charge is 0.320 e. The van der Waals surface area contributed by atoms with Gasteiger partial charge >= 0.3 is 0 Å². The predicted molar refractivity (Wildman–Crippen MR) is 58.0 cm³/mol. The smallest absolute Gasteiger partial charge is 0.0584 e. The fraction of sp³-hybridized carbons (Fsp3) is 0.400. The van der Waals surface area contributed by atoms with Crippen LogP contribution in [0.4, 0.5) is 5.69 Å². The molecule has 1 aliphatic rings. The Labute approximate surface area is 83.1 Å². The van der Waals surface area contributed by atoms with Gasteiger partial charge in [-0.3, -0.25) is 0 Å². The Morgan fingerprint density at radius 2 is 2.08 bits per heavy atom. The van der Waals surface area contributed by atoms with Crippen molar-refractivity contribution in [1.29, 1.82) is 0 Å². The van der Waals surface area contributed by atoms with Crippen molar-refractivity contribution < 1.29 is 0 Å². The molecular formula is C10H14N2S. The molecule has 1 heterocycles. The number of nitrogens with one attached hydrogen (secondary N) is 2. The van der Waals surface area contributed by atoms with E-state index in [1.807, 2.05) is 0 Å². The Hall–Kier alpha value is -0.670. The van der Waals surface area contributed by atoms with Gasteiger partial charge in [0.05, 0.1) is 11.2 Å². The standard InChI is InChI=1S/C10H14N2S/c1-10(2)8-6-7(13-3)4-5-9(8)11-12-10/h4-6,11-12H,1-3H3. The summed E-state index contributed by atoms with van der Waals surface area (Å²) in [6.45, 7) is 4.35. The monoisotopic (exact) mass is 194 g/mol.